The molecule has 0 amide bonds. The zero-order valence-electron chi connectivity index (χ0n) is 58.2. The standard InChI is InChI=1S/C36H19N3O.C32H17N3O.C30H15N3O/c1-2-10-22-20(8-1)9-7-12-23(22)21-18-26-24-16-17-31-32(25-11-3-6-15-30(25)40-31)35(24)39-34(26)27(19-21)33-36(39)38-29-14-5-4-13-28(29)37-33;1-2-8-18(9-3-1)19-16-22-20-14-15-27-28(21-10-4-7-13-26(21)36-27)31(20)35-30(22)23(17-19)29-32(35)34-25-12-6-5-11-24(25)33-29;1-2-7-17-16(6-1)12-14-22-26(17)32-27-21-10-5-9-20-25-23(33(28(20)21)30(27)31-22)15-13-19-18-8-3-4-11-24(18)34-29(19)25/h1-19H;1-17H;1-15H. The van der Waals surface area contributed by atoms with Crippen LogP contribution in [-0.4, -0.2) is 43.1 Å². The van der Waals surface area contributed by atoms with E-state index in [0.717, 1.165) is 192 Å². The van der Waals surface area contributed by atoms with Crippen LogP contribution in [-0.2, 0) is 0 Å². The molecule has 0 spiro atoms. The van der Waals surface area contributed by atoms with Gasteiger partial charge in [0, 0.05) is 70.0 Å². The summed E-state index contributed by atoms with van der Waals surface area (Å²) in [4.78, 5) is 31.1. The molecule has 0 saturated carbocycles. The molecule has 16 aromatic carbocycles. The Labute approximate surface area is 619 Å². The van der Waals surface area contributed by atoms with Crippen LogP contribution in [0.4, 0.5) is 0 Å². The summed E-state index contributed by atoms with van der Waals surface area (Å²) in [5.74, 6) is 0. The van der Waals surface area contributed by atoms with Crippen LogP contribution in [0.1, 0.15) is 0 Å². The lowest BCUT2D eigenvalue weighted by atomic mass is 9.95. The molecule has 28 rings (SSSR count). The van der Waals surface area contributed by atoms with Crippen LogP contribution < -0.4 is 0 Å². The summed E-state index contributed by atoms with van der Waals surface area (Å²) in [6, 6.07) is 108. The zero-order chi connectivity index (χ0) is 71.3. The highest BCUT2D eigenvalue weighted by Gasteiger charge is 2.29. The SMILES string of the molecule is c1ccc(-c2cc3c4ccc5oc6ccccc6c5c4n4c5nc6ccccc6nc5c(c2)c34)cc1.c1ccc2c(-c3cc4c5ccc6oc7ccccc7c6c5n5c6nc7ccccc7nc6c(c3)c45)cccc2c1.c1ccc2c(c1)ccc1nc3c(nc12)c1cccc2c4c5oc6ccccc6c5ccc4n3c12. The summed E-state index contributed by atoms with van der Waals surface area (Å²) in [6.45, 7) is 0. The third-order valence-electron chi connectivity index (χ3n) is 23.3. The van der Waals surface area contributed by atoms with Gasteiger partial charge in [0.15, 0.2) is 16.9 Å². The monoisotopic (exact) mass is 1400 g/mol. The third kappa shape index (κ3) is 7.76. The van der Waals surface area contributed by atoms with Crippen molar-refractivity contribution in [1.29, 1.82) is 0 Å². The second kappa shape index (κ2) is 21.3. The minimum atomic E-state index is 0.876. The minimum Gasteiger partial charge on any atom is -0.456 e. The highest BCUT2D eigenvalue weighted by Crippen LogP contribution is 2.50. The summed E-state index contributed by atoms with van der Waals surface area (Å²) < 4.78 is 25.9. The molecule has 110 heavy (non-hydrogen) atoms. The summed E-state index contributed by atoms with van der Waals surface area (Å²) in [7, 11) is 0. The molecule has 0 fully saturated rings. The van der Waals surface area contributed by atoms with Crippen LogP contribution in [0.25, 0.3) is 258 Å². The van der Waals surface area contributed by atoms with Gasteiger partial charge in [-0.1, -0.05) is 200 Å². The molecule has 0 atom stereocenters. The second-order valence-corrected chi connectivity index (χ2v) is 29.1. The van der Waals surface area contributed by atoms with Crippen LogP contribution in [0.5, 0.6) is 0 Å². The van der Waals surface area contributed by atoms with Gasteiger partial charge in [0.05, 0.1) is 82.4 Å². The summed E-state index contributed by atoms with van der Waals surface area (Å²) in [5, 5.41) is 22.0. The largest absolute Gasteiger partial charge is 0.456 e. The van der Waals surface area contributed by atoms with Crippen molar-refractivity contribution in [3.63, 3.8) is 0 Å². The van der Waals surface area contributed by atoms with Gasteiger partial charge in [0.1, 0.15) is 50.0 Å². The molecule has 0 N–H and O–H groups in total. The molecule has 28 aromatic rings. The number of para-hydroxylation sites is 8. The molecule has 12 heteroatoms. The van der Waals surface area contributed by atoms with Crippen LogP contribution in [0.3, 0.4) is 0 Å². The van der Waals surface area contributed by atoms with Gasteiger partial charge in [-0.25, -0.2) is 29.9 Å². The van der Waals surface area contributed by atoms with E-state index in [2.05, 4.69) is 238 Å². The molecule has 0 saturated heterocycles. The molecule has 0 unspecified atom stereocenters. The predicted octanol–water partition coefficient (Wildman–Crippen LogP) is 25.7. The smallest absolute Gasteiger partial charge is 0.165 e. The van der Waals surface area contributed by atoms with E-state index in [1.165, 1.54) is 65.3 Å². The van der Waals surface area contributed by atoms with Gasteiger partial charge >= 0.3 is 0 Å². The molecule has 0 radical (unpaired) electrons. The van der Waals surface area contributed by atoms with Crippen LogP contribution in [0.2, 0.25) is 0 Å². The Morgan fingerprint density at radius 1 is 0.209 bits per heavy atom. The fraction of sp³-hybridized carbons (Fsp3) is 0. The fourth-order valence-corrected chi connectivity index (χ4v) is 18.6. The van der Waals surface area contributed by atoms with Crippen molar-refractivity contribution in [3.8, 4) is 22.3 Å². The maximum atomic E-state index is 6.41. The van der Waals surface area contributed by atoms with Gasteiger partial charge in [-0.05, 0) is 148 Å². The van der Waals surface area contributed by atoms with Gasteiger partial charge in [0.2, 0.25) is 0 Å². The van der Waals surface area contributed by atoms with E-state index in [-0.39, 0.29) is 0 Å². The molecule has 0 aliphatic heterocycles. The van der Waals surface area contributed by atoms with Crippen LogP contribution >= 0.6 is 0 Å². The van der Waals surface area contributed by atoms with Gasteiger partial charge in [-0.15, -0.1) is 0 Å². The number of hydrogen-bond donors (Lipinski definition) is 0. The quantitative estimate of drug-likeness (QED) is 0.155. The number of rotatable bonds is 2. The van der Waals surface area contributed by atoms with Crippen LogP contribution in [0.15, 0.2) is 323 Å². The topological polar surface area (TPSA) is 130 Å². The Bertz CT molecular complexity index is 8880. The average Bonchev–Trinajstić information content (AvgIpc) is 1.52. The van der Waals surface area contributed by atoms with E-state index < -0.39 is 0 Å². The van der Waals surface area contributed by atoms with Crippen molar-refractivity contribution in [3.05, 3.63) is 309 Å². The Balaban J connectivity index is 0.0000000924. The zero-order valence-corrected chi connectivity index (χ0v) is 58.2. The van der Waals surface area contributed by atoms with E-state index in [1.807, 2.05) is 84.9 Å². The lowest BCUT2D eigenvalue weighted by molar-refractivity contribution is 0.669. The van der Waals surface area contributed by atoms with E-state index in [0.29, 0.717) is 0 Å². The first-order valence-corrected chi connectivity index (χ1v) is 37.1. The lowest BCUT2D eigenvalue weighted by Gasteiger charge is -2.08. The molecule has 0 bridgehead atoms. The summed E-state index contributed by atoms with van der Waals surface area (Å²) in [6.07, 6.45) is 0. The van der Waals surface area contributed by atoms with E-state index in [4.69, 9.17) is 43.2 Å². The normalized spacial score (nSPS) is 12.5. The maximum absolute atomic E-state index is 6.41. The number of hydrogen-bond acceptors (Lipinski definition) is 9. The highest BCUT2D eigenvalue weighted by molar-refractivity contribution is 6.34. The molecular formula is C98H51N9O3. The van der Waals surface area contributed by atoms with Gasteiger partial charge < -0.3 is 13.3 Å². The van der Waals surface area contributed by atoms with Gasteiger partial charge in [-0.2, -0.15) is 0 Å². The number of nitrogens with zero attached hydrogens (tertiary/aromatic N) is 9. The van der Waals surface area contributed by atoms with Gasteiger partial charge in [0.25, 0.3) is 0 Å². The number of benzene rings is 16. The maximum Gasteiger partial charge on any atom is 0.165 e. The Morgan fingerprint density at radius 2 is 0.664 bits per heavy atom. The Kier molecular flexibility index (Phi) is 11.3. The summed E-state index contributed by atoms with van der Waals surface area (Å²) in [5.41, 5.74) is 27.9. The number of furan rings is 3. The lowest BCUT2D eigenvalue weighted by Crippen LogP contribution is -1.90. The number of fused-ring (bicyclic) bond motifs is 36. The second-order valence-electron chi connectivity index (χ2n) is 29.1. The third-order valence-corrected chi connectivity index (χ3v) is 23.3. The van der Waals surface area contributed by atoms with Crippen molar-refractivity contribution in [1.82, 2.24) is 43.1 Å². The first-order valence-electron chi connectivity index (χ1n) is 37.1. The minimum absolute atomic E-state index is 0.876. The molecule has 0 aliphatic carbocycles. The molecule has 12 aromatic heterocycles. The van der Waals surface area contributed by atoms with Crippen molar-refractivity contribution in [2.75, 3.05) is 0 Å². The first-order chi connectivity index (χ1) is 54.5. The molecule has 12 heterocycles. The van der Waals surface area contributed by atoms with Crippen molar-refractivity contribution >= 4 is 236 Å². The molecule has 506 valence electrons. The van der Waals surface area contributed by atoms with Gasteiger partial charge in [-0.3, -0.25) is 13.2 Å². The first kappa shape index (κ1) is 58.2. The van der Waals surface area contributed by atoms with E-state index in [1.54, 1.807) is 0 Å². The van der Waals surface area contributed by atoms with E-state index in [9.17, 15) is 0 Å². The number of aromatic nitrogens is 9. The molecule has 0 aliphatic rings. The Hall–Kier alpha value is -15.1. The summed E-state index contributed by atoms with van der Waals surface area (Å²) >= 11 is 0. The Morgan fingerprint density at radius 3 is 1.32 bits per heavy atom. The average molecular weight is 1400 g/mol. The van der Waals surface area contributed by atoms with Crippen LogP contribution in [0, 0.1) is 0 Å². The van der Waals surface area contributed by atoms with Crippen molar-refractivity contribution in [2.24, 2.45) is 0 Å². The fourth-order valence-electron chi connectivity index (χ4n) is 18.6. The van der Waals surface area contributed by atoms with Crippen molar-refractivity contribution in [2.45, 2.75) is 0 Å². The van der Waals surface area contributed by atoms with E-state index >= 15 is 0 Å². The molecular weight excluding hydrogens is 1350 g/mol. The highest BCUT2D eigenvalue weighted by atomic mass is 16.3. The predicted molar refractivity (Wildman–Crippen MR) is 450 cm³/mol. The van der Waals surface area contributed by atoms with Crippen molar-refractivity contribution < 1.29 is 13.3 Å². The molecule has 12 nitrogen and oxygen atoms in total.